The molecule has 1 aromatic heterocycles. The number of hydrogen-bond donors (Lipinski definition) is 1. The summed E-state index contributed by atoms with van der Waals surface area (Å²) in [6.07, 6.45) is 7.15. The van der Waals surface area contributed by atoms with Gasteiger partial charge < -0.3 is 5.73 Å². The molecule has 2 aromatic rings. The van der Waals surface area contributed by atoms with Gasteiger partial charge in [-0.05, 0) is 56.1 Å². The van der Waals surface area contributed by atoms with E-state index in [0.29, 0.717) is 11.8 Å². The minimum atomic E-state index is 0.579. The van der Waals surface area contributed by atoms with Crippen molar-refractivity contribution < 1.29 is 0 Å². The van der Waals surface area contributed by atoms with Gasteiger partial charge in [0, 0.05) is 22.3 Å². The Balaban J connectivity index is 1.95. The van der Waals surface area contributed by atoms with Crippen LogP contribution in [0.15, 0.2) is 29.8 Å². The van der Waals surface area contributed by atoms with Gasteiger partial charge in [0.05, 0.1) is 5.52 Å². The van der Waals surface area contributed by atoms with Gasteiger partial charge in [0.15, 0.2) is 0 Å². The molecule has 0 unspecified atom stereocenters. The molecule has 2 nitrogen and oxygen atoms in total. The van der Waals surface area contributed by atoms with Crippen LogP contribution in [0.25, 0.3) is 10.9 Å². The average Bonchev–Trinajstić information content (AvgIpc) is 2.46. The Hall–Kier alpha value is -1.83. The highest BCUT2D eigenvalue weighted by atomic mass is 14.8. The Morgan fingerprint density at radius 2 is 2.14 bits per heavy atom. The van der Waals surface area contributed by atoms with Crippen molar-refractivity contribution in [1.29, 1.82) is 0 Å². The summed E-state index contributed by atoms with van der Waals surface area (Å²) < 4.78 is 0. The number of pyridine rings is 1. The molecule has 0 aliphatic heterocycles. The topological polar surface area (TPSA) is 38.9 Å². The van der Waals surface area contributed by atoms with Crippen LogP contribution in [-0.4, -0.2) is 4.98 Å². The molecule has 0 saturated heterocycles. The van der Waals surface area contributed by atoms with Crippen molar-refractivity contribution >= 4 is 16.6 Å². The van der Waals surface area contributed by atoms with E-state index < -0.39 is 0 Å². The zero-order chi connectivity index (χ0) is 14.6. The molecule has 0 saturated carbocycles. The zero-order valence-electron chi connectivity index (χ0n) is 12.8. The Bertz CT molecular complexity index is 758. The number of nitrogens with zero attached hydrogens (tertiary/aromatic N) is 1. The molecule has 4 rings (SSSR count). The summed E-state index contributed by atoms with van der Waals surface area (Å²) in [6, 6.07) is 6.31. The van der Waals surface area contributed by atoms with Crippen LogP contribution < -0.4 is 5.73 Å². The summed E-state index contributed by atoms with van der Waals surface area (Å²) in [5, 5.41) is 1.17. The highest BCUT2D eigenvalue weighted by Crippen LogP contribution is 2.47. The van der Waals surface area contributed by atoms with E-state index in [1.807, 2.05) is 0 Å². The quantitative estimate of drug-likeness (QED) is 0.779. The third-order valence-electron chi connectivity index (χ3n) is 5.26. The number of fused-ring (bicyclic) bond motifs is 5. The SMILES string of the molecule is CCC1=C[C@H]2Cc3nc4cccc(C)c4c(N)c3[C@@H](C1)C2. The molecular formula is C19H22N2. The molecule has 0 spiro atoms. The number of benzene rings is 1. The molecule has 0 fully saturated rings. The van der Waals surface area contributed by atoms with Crippen LogP contribution in [0, 0.1) is 12.8 Å². The first-order valence-electron chi connectivity index (χ1n) is 8.04. The number of allylic oxidation sites excluding steroid dienone is 2. The van der Waals surface area contributed by atoms with Crippen molar-refractivity contribution in [3.05, 3.63) is 46.7 Å². The zero-order valence-corrected chi connectivity index (χ0v) is 12.8. The monoisotopic (exact) mass is 278 g/mol. The summed E-state index contributed by atoms with van der Waals surface area (Å²) in [4.78, 5) is 4.96. The summed E-state index contributed by atoms with van der Waals surface area (Å²) >= 11 is 0. The summed E-state index contributed by atoms with van der Waals surface area (Å²) in [5.41, 5.74) is 14.1. The largest absolute Gasteiger partial charge is 0.398 e. The molecule has 1 heterocycles. The second-order valence-corrected chi connectivity index (χ2v) is 6.63. The van der Waals surface area contributed by atoms with Gasteiger partial charge in [0.1, 0.15) is 0 Å². The van der Waals surface area contributed by atoms with E-state index in [2.05, 4.69) is 38.1 Å². The standard InChI is InChI=1S/C19H22N2/c1-3-12-7-13-9-14(8-12)18-16(10-13)21-15-6-4-5-11(2)17(15)19(18)20/h4-7,13-14H,3,8-10H2,1-2H3,(H2,20,21)/t13-,14+/m1/s1. The van der Waals surface area contributed by atoms with Gasteiger partial charge in [-0.15, -0.1) is 0 Å². The molecule has 2 aliphatic carbocycles. The lowest BCUT2D eigenvalue weighted by Crippen LogP contribution is -2.24. The Morgan fingerprint density at radius 1 is 1.29 bits per heavy atom. The molecule has 2 N–H and O–H groups in total. The smallest absolute Gasteiger partial charge is 0.0728 e. The van der Waals surface area contributed by atoms with Gasteiger partial charge in [-0.2, -0.15) is 0 Å². The van der Waals surface area contributed by atoms with Crippen molar-refractivity contribution in [1.82, 2.24) is 4.98 Å². The summed E-state index contributed by atoms with van der Waals surface area (Å²) in [6.45, 7) is 4.40. The molecule has 1 aromatic carbocycles. The van der Waals surface area contributed by atoms with Crippen molar-refractivity contribution in [3.63, 3.8) is 0 Å². The van der Waals surface area contributed by atoms with Crippen molar-refractivity contribution in [2.75, 3.05) is 5.73 Å². The van der Waals surface area contributed by atoms with Crippen molar-refractivity contribution in [3.8, 4) is 0 Å². The van der Waals surface area contributed by atoms with Crippen LogP contribution in [-0.2, 0) is 6.42 Å². The number of anilines is 1. The number of aryl methyl sites for hydroxylation is 1. The van der Waals surface area contributed by atoms with Gasteiger partial charge in [-0.3, -0.25) is 4.98 Å². The fourth-order valence-electron chi connectivity index (χ4n) is 4.31. The molecule has 0 amide bonds. The first-order chi connectivity index (χ1) is 10.2. The summed E-state index contributed by atoms with van der Waals surface area (Å²) in [7, 11) is 0. The van der Waals surface area contributed by atoms with E-state index in [1.54, 1.807) is 5.57 Å². The lowest BCUT2D eigenvalue weighted by atomic mass is 9.70. The third kappa shape index (κ3) is 1.89. The van der Waals surface area contributed by atoms with Crippen molar-refractivity contribution in [2.24, 2.45) is 5.92 Å². The number of aromatic nitrogens is 1. The Morgan fingerprint density at radius 3 is 2.95 bits per heavy atom. The van der Waals surface area contributed by atoms with Crippen LogP contribution in [0.3, 0.4) is 0 Å². The highest BCUT2D eigenvalue weighted by Gasteiger charge is 2.33. The lowest BCUT2D eigenvalue weighted by Gasteiger charge is -2.36. The second kappa shape index (κ2) is 4.59. The minimum absolute atomic E-state index is 0.579. The van der Waals surface area contributed by atoms with Crippen LogP contribution in [0.5, 0.6) is 0 Å². The molecule has 2 aliphatic rings. The number of rotatable bonds is 1. The Labute approximate surface area is 126 Å². The number of hydrogen-bond acceptors (Lipinski definition) is 2. The molecule has 2 atom stereocenters. The van der Waals surface area contributed by atoms with Crippen molar-refractivity contribution in [2.45, 2.75) is 45.4 Å². The minimum Gasteiger partial charge on any atom is -0.398 e. The molecular weight excluding hydrogens is 256 g/mol. The van der Waals surface area contributed by atoms with E-state index in [9.17, 15) is 0 Å². The maximum Gasteiger partial charge on any atom is 0.0728 e. The molecule has 2 heteroatoms. The van der Waals surface area contributed by atoms with Gasteiger partial charge in [-0.25, -0.2) is 0 Å². The van der Waals surface area contributed by atoms with E-state index in [-0.39, 0.29) is 0 Å². The van der Waals surface area contributed by atoms with Crippen LogP contribution >= 0.6 is 0 Å². The first-order valence-corrected chi connectivity index (χ1v) is 8.04. The fourth-order valence-corrected chi connectivity index (χ4v) is 4.31. The maximum absolute atomic E-state index is 6.60. The average molecular weight is 278 g/mol. The maximum atomic E-state index is 6.60. The van der Waals surface area contributed by atoms with Crippen LogP contribution in [0.4, 0.5) is 5.69 Å². The first kappa shape index (κ1) is 12.9. The number of nitrogens with two attached hydrogens (primary N) is 1. The van der Waals surface area contributed by atoms with E-state index in [4.69, 9.17) is 10.7 Å². The fraction of sp³-hybridized carbons (Fsp3) is 0.421. The van der Waals surface area contributed by atoms with Gasteiger partial charge in [0.2, 0.25) is 0 Å². The highest BCUT2D eigenvalue weighted by molar-refractivity contribution is 5.95. The summed E-state index contributed by atoms with van der Waals surface area (Å²) in [5.74, 6) is 1.25. The van der Waals surface area contributed by atoms with E-state index in [1.165, 1.54) is 41.5 Å². The predicted molar refractivity (Wildman–Crippen MR) is 88.4 cm³/mol. The van der Waals surface area contributed by atoms with Crippen LogP contribution in [0.1, 0.15) is 48.9 Å². The molecule has 21 heavy (non-hydrogen) atoms. The molecule has 108 valence electrons. The van der Waals surface area contributed by atoms with E-state index in [0.717, 1.165) is 17.6 Å². The molecule has 2 bridgehead atoms. The normalized spacial score (nSPS) is 23.8. The Kier molecular flexibility index (Phi) is 2.81. The second-order valence-electron chi connectivity index (χ2n) is 6.63. The predicted octanol–water partition coefficient (Wildman–Crippen LogP) is 4.51. The molecule has 0 radical (unpaired) electrons. The number of nitrogen functional groups attached to an aromatic ring is 1. The van der Waals surface area contributed by atoms with Gasteiger partial charge in [0.25, 0.3) is 0 Å². The van der Waals surface area contributed by atoms with E-state index >= 15 is 0 Å². The van der Waals surface area contributed by atoms with Crippen LogP contribution in [0.2, 0.25) is 0 Å². The lowest BCUT2D eigenvalue weighted by molar-refractivity contribution is 0.429. The van der Waals surface area contributed by atoms with Gasteiger partial charge in [-0.1, -0.05) is 30.7 Å². The van der Waals surface area contributed by atoms with Gasteiger partial charge >= 0.3 is 0 Å². The third-order valence-corrected chi connectivity index (χ3v) is 5.26.